The highest BCUT2D eigenvalue weighted by Crippen LogP contribution is 2.27. The zero-order valence-electron chi connectivity index (χ0n) is 13.3. The molecule has 5 N–H and O–H groups in total. The fourth-order valence-corrected chi connectivity index (χ4v) is 2.29. The number of hydrogen-bond acceptors (Lipinski definition) is 9. The molecule has 0 bridgehead atoms. The zero-order chi connectivity index (χ0) is 18.6. The number of ether oxygens (including phenoxy) is 3. The van der Waals surface area contributed by atoms with Crippen molar-refractivity contribution in [3.8, 4) is 11.5 Å². The fraction of sp³-hybridized carbons (Fsp3) is 0.438. The Balaban J connectivity index is 2.00. The number of rotatable bonds is 5. The normalized spacial score (nSPS) is 29.6. The third kappa shape index (κ3) is 4.47. The molecule has 0 aliphatic carbocycles. The number of aromatic hydroxyl groups is 1. The first-order chi connectivity index (χ1) is 11.9. The predicted molar refractivity (Wildman–Crippen MR) is 83.6 cm³/mol. The monoisotopic (exact) mass is 356 g/mol. The molecule has 1 aromatic carbocycles. The minimum absolute atomic E-state index is 0.105. The number of hydrogen-bond donors (Lipinski definition) is 5. The molecule has 9 heteroatoms. The topological polar surface area (TPSA) is 146 Å². The second-order valence-electron chi connectivity index (χ2n) is 5.40. The number of phenols is 1. The molecular formula is C16H20O9. The molecule has 0 saturated carbocycles. The van der Waals surface area contributed by atoms with Crippen molar-refractivity contribution in [1.82, 2.24) is 0 Å². The molecule has 0 amide bonds. The third-order valence-corrected chi connectivity index (χ3v) is 3.70. The number of carbonyl (C=O) groups excluding carboxylic acids is 1. The first-order valence-corrected chi connectivity index (χ1v) is 7.43. The van der Waals surface area contributed by atoms with Crippen LogP contribution in [0.25, 0.3) is 6.08 Å². The van der Waals surface area contributed by atoms with Gasteiger partial charge in [0.15, 0.2) is 11.5 Å². The molecule has 2 rings (SSSR count). The van der Waals surface area contributed by atoms with Gasteiger partial charge in [0.05, 0.1) is 13.7 Å². The van der Waals surface area contributed by atoms with Gasteiger partial charge in [0.1, 0.15) is 24.4 Å². The summed E-state index contributed by atoms with van der Waals surface area (Å²) >= 11 is 0. The summed E-state index contributed by atoms with van der Waals surface area (Å²) in [6, 6.07) is 4.48. The lowest BCUT2D eigenvalue weighted by Gasteiger charge is -2.38. The molecule has 5 atom stereocenters. The summed E-state index contributed by atoms with van der Waals surface area (Å²) in [5.74, 6) is -0.715. The highest BCUT2D eigenvalue weighted by atomic mass is 16.7. The molecule has 1 unspecified atom stereocenters. The second-order valence-corrected chi connectivity index (χ2v) is 5.40. The smallest absolute Gasteiger partial charge is 0.333 e. The molecule has 9 nitrogen and oxygen atoms in total. The van der Waals surface area contributed by atoms with E-state index < -0.39 is 43.3 Å². The highest BCUT2D eigenvalue weighted by Gasteiger charge is 2.45. The number of esters is 1. The SMILES string of the molecule is COc1ccc(/C=C/C(=O)OC2O[C@H](CO)[C@@H](O)[C@H](O)[C@H]2O)cc1O. The van der Waals surface area contributed by atoms with Gasteiger partial charge in [-0.2, -0.15) is 0 Å². The van der Waals surface area contributed by atoms with Crippen LogP contribution in [-0.2, 0) is 14.3 Å². The van der Waals surface area contributed by atoms with Crippen LogP contribution in [0, 0.1) is 0 Å². The second kappa shape index (κ2) is 8.28. The maximum atomic E-state index is 11.8. The van der Waals surface area contributed by atoms with Gasteiger partial charge in [0.2, 0.25) is 6.29 Å². The van der Waals surface area contributed by atoms with Gasteiger partial charge >= 0.3 is 5.97 Å². The number of phenolic OH excluding ortho intramolecular Hbond substituents is 1. The number of aliphatic hydroxyl groups is 4. The molecule has 1 heterocycles. The van der Waals surface area contributed by atoms with Gasteiger partial charge in [0.25, 0.3) is 0 Å². The van der Waals surface area contributed by atoms with E-state index >= 15 is 0 Å². The predicted octanol–water partition coefficient (Wildman–Crippen LogP) is -1.24. The maximum absolute atomic E-state index is 11.8. The van der Waals surface area contributed by atoms with Crippen molar-refractivity contribution >= 4 is 12.0 Å². The summed E-state index contributed by atoms with van der Waals surface area (Å²) in [6.07, 6.45) is -5.16. The minimum atomic E-state index is -1.67. The number of aliphatic hydroxyl groups excluding tert-OH is 4. The lowest BCUT2D eigenvalue weighted by Crippen LogP contribution is -2.59. The maximum Gasteiger partial charge on any atom is 0.333 e. The van der Waals surface area contributed by atoms with Crippen molar-refractivity contribution in [3.05, 3.63) is 29.8 Å². The Labute approximate surface area is 143 Å². The van der Waals surface area contributed by atoms with E-state index in [1.54, 1.807) is 6.07 Å². The van der Waals surface area contributed by atoms with Gasteiger partial charge in [-0.3, -0.25) is 0 Å². The van der Waals surface area contributed by atoms with Crippen molar-refractivity contribution in [1.29, 1.82) is 0 Å². The van der Waals surface area contributed by atoms with Crippen molar-refractivity contribution < 1.29 is 44.5 Å². The number of carbonyl (C=O) groups is 1. The Morgan fingerprint density at radius 1 is 1.24 bits per heavy atom. The number of methoxy groups -OCH3 is 1. The molecule has 1 aliphatic heterocycles. The van der Waals surface area contributed by atoms with E-state index in [0.29, 0.717) is 5.56 Å². The quantitative estimate of drug-likeness (QED) is 0.323. The molecule has 0 radical (unpaired) electrons. The van der Waals surface area contributed by atoms with Crippen molar-refractivity contribution in [3.63, 3.8) is 0 Å². The summed E-state index contributed by atoms with van der Waals surface area (Å²) in [6.45, 7) is -0.625. The van der Waals surface area contributed by atoms with Crippen molar-refractivity contribution in [2.45, 2.75) is 30.7 Å². The standard InChI is InChI=1S/C16H20O9/c1-23-10-4-2-8(6-9(10)18)3-5-12(19)25-16-15(22)14(21)13(20)11(7-17)24-16/h2-6,11,13-18,20-22H,7H2,1H3/b5-3+/t11-,13-,14+,15-,16?/m1/s1. The summed E-state index contributed by atoms with van der Waals surface area (Å²) in [5, 5.41) is 47.8. The van der Waals surface area contributed by atoms with Crippen LogP contribution in [-0.4, -0.2) is 75.9 Å². The Kier molecular flexibility index (Phi) is 6.34. The highest BCUT2D eigenvalue weighted by molar-refractivity contribution is 5.87. The van der Waals surface area contributed by atoms with E-state index in [1.165, 1.54) is 25.3 Å². The Morgan fingerprint density at radius 2 is 1.96 bits per heavy atom. The van der Waals surface area contributed by atoms with E-state index in [2.05, 4.69) is 0 Å². The van der Waals surface area contributed by atoms with Crippen LogP contribution in [0.5, 0.6) is 11.5 Å². The van der Waals surface area contributed by atoms with Crippen molar-refractivity contribution in [2.24, 2.45) is 0 Å². The summed E-state index contributed by atoms with van der Waals surface area (Å²) in [5.41, 5.74) is 0.490. The van der Waals surface area contributed by atoms with Crippen LogP contribution in [0.2, 0.25) is 0 Å². The van der Waals surface area contributed by atoms with Crippen LogP contribution in [0.4, 0.5) is 0 Å². The Bertz CT molecular complexity index is 628. The Morgan fingerprint density at radius 3 is 2.56 bits per heavy atom. The van der Waals surface area contributed by atoms with E-state index in [9.17, 15) is 25.2 Å². The zero-order valence-corrected chi connectivity index (χ0v) is 13.3. The molecule has 1 aromatic rings. The van der Waals surface area contributed by atoms with Gasteiger partial charge < -0.3 is 39.7 Å². The third-order valence-electron chi connectivity index (χ3n) is 3.70. The van der Waals surface area contributed by atoms with Gasteiger partial charge in [-0.15, -0.1) is 0 Å². The van der Waals surface area contributed by atoms with Gasteiger partial charge in [-0.1, -0.05) is 6.07 Å². The average Bonchev–Trinajstić information content (AvgIpc) is 2.60. The fourth-order valence-electron chi connectivity index (χ4n) is 2.29. The first kappa shape index (κ1) is 19.2. The van der Waals surface area contributed by atoms with Crippen LogP contribution < -0.4 is 4.74 Å². The van der Waals surface area contributed by atoms with Crippen LogP contribution in [0.3, 0.4) is 0 Å². The molecule has 138 valence electrons. The van der Waals surface area contributed by atoms with Gasteiger partial charge in [0, 0.05) is 6.08 Å². The van der Waals surface area contributed by atoms with Crippen LogP contribution in [0.1, 0.15) is 5.56 Å². The lowest BCUT2D eigenvalue weighted by molar-refractivity contribution is -0.291. The average molecular weight is 356 g/mol. The van der Waals surface area contributed by atoms with E-state index in [-0.39, 0.29) is 11.5 Å². The first-order valence-electron chi connectivity index (χ1n) is 7.43. The molecule has 0 spiro atoms. The number of benzene rings is 1. The van der Waals surface area contributed by atoms with Crippen LogP contribution >= 0.6 is 0 Å². The molecule has 25 heavy (non-hydrogen) atoms. The Hall–Kier alpha value is -2.17. The van der Waals surface area contributed by atoms with Gasteiger partial charge in [-0.05, 0) is 23.8 Å². The van der Waals surface area contributed by atoms with E-state index in [0.717, 1.165) is 6.08 Å². The summed E-state index contributed by atoms with van der Waals surface area (Å²) in [7, 11) is 1.41. The molecule has 1 saturated heterocycles. The van der Waals surface area contributed by atoms with E-state index in [4.69, 9.17) is 19.3 Å². The van der Waals surface area contributed by atoms with Crippen molar-refractivity contribution in [2.75, 3.05) is 13.7 Å². The molecular weight excluding hydrogens is 336 g/mol. The lowest BCUT2D eigenvalue weighted by atomic mass is 9.99. The van der Waals surface area contributed by atoms with Crippen LogP contribution in [0.15, 0.2) is 24.3 Å². The largest absolute Gasteiger partial charge is 0.504 e. The summed E-state index contributed by atoms with van der Waals surface area (Å²) in [4.78, 5) is 11.8. The van der Waals surface area contributed by atoms with E-state index in [1.807, 2.05) is 0 Å². The molecule has 0 aromatic heterocycles. The molecule has 1 fully saturated rings. The minimum Gasteiger partial charge on any atom is -0.504 e. The summed E-state index contributed by atoms with van der Waals surface area (Å²) < 4.78 is 14.8. The van der Waals surface area contributed by atoms with Gasteiger partial charge in [-0.25, -0.2) is 4.79 Å². The molecule has 1 aliphatic rings.